The molecule has 0 amide bonds. The van der Waals surface area contributed by atoms with Gasteiger partial charge in [-0.2, -0.15) is 0 Å². The van der Waals surface area contributed by atoms with E-state index in [1.54, 1.807) is 0 Å². The lowest BCUT2D eigenvalue weighted by atomic mass is 10.2. The van der Waals surface area contributed by atoms with Gasteiger partial charge in [0.2, 0.25) is 10.0 Å². The zero-order valence-electron chi connectivity index (χ0n) is 10.6. The first-order valence-electron chi connectivity index (χ1n) is 6.14. The van der Waals surface area contributed by atoms with Crippen molar-refractivity contribution < 1.29 is 26.7 Å². The largest absolute Gasteiger partial charge is 0.488 e. The third-order valence-electron chi connectivity index (χ3n) is 3.01. The average Bonchev–Trinajstić information content (AvgIpc) is 2.84. The molecule has 8 heteroatoms. The molecule has 1 heterocycles. The second-order valence-electron chi connectivity index (χ2n) is 4.53. The van der Waals surface area contributed by atoms with Crippen LogP contribution in [0.3, 0.4) is 0 Å². The minimum absolute atomic E-state index is 0.0461. The van der Waals surface area contributed by atoms with Gasteiger partial charge in [-0.25, -0.2) is 22.3 Å². The molecule has 1 atom stereocenters. The minimum atomic E-state index is -4.15. The average molecular weight is 307 g/mol. The maximum atomic E-state index is 13.6. The summed E-state index contributed by atoms with van der Waals surface area (Å²) in [5, 5.41) is 4.81. The van der Waals surface area contributed by atoms with Crippen LogP contribution in [-0.4, -0.2) is 27.7 Å². The van der Waals surface area contributed by atoms with Crippen molar-refractivity contribution in [2.24, 2.45) is 5.14 Å². The van der Waals surface area contributed by atoms with Gasteiger partial charge in [0.25, 0.3) is 0 Å². The Hall–Kier alpha value is -1.25. The van der Waals surface area contributed by atoms with Crippen molar-refractivity contribution >= 4 is 10.0 Å². The first kappa shape index (κ1) is 15.1. The van der Waals surface area contributed by atoms with Gasteiger partial charge in [-0.05, 0) is 25.0 Å². The molecule has 1 saturated heterocycles. The summed E-state index contributed by atoms with van der Waals surface area (Å²) in [5.74, 6) is -2.79. The summed E-state index contributed by atoms with van der Waals surface area (Å²) >= 11 is 0. The summed E-state index contributed by atoms with van der Waals surface area (Å²) < 4.78 is 59.7. The van der Waals surface area contributed by atoms with E-state index in [1.165, 1.54) is 0 Å². The molecule has 2 rings (SSSR count). The number of hydrogen-bond acceptors (Lipinski definition) is 4. The van der Waals surface area contributed by atoms with E-state index >= 15 is 0 Å². The first-order chi connectivity index (χ1) is 9.38. The van der Waals surface area contributed by atoms with E-state index in [0.717, 1.165) is 12.8 Å². The van der Waals surface area contributed by atoms with Gasteiger partial charge in [-0.3, -0.25) is 0 Å². The molecule has 112 valence electrons. The Morgan fingerprint density at radius 1 is 1.35 bits per heavy atom. The van der Waals surface area contributed by atoms with Crippen molar-refractivity contribution in [1.29, 1.82) is 0 Å². The van der Waals surface area contributed by atoms with E-state index in [4.69, 9.17) is 14.6 Å². The van der Waals surface area contributed by atoms with Gasteiger partial charge in [-0.1, -0.05) is 0 Å². The molecule has 0 bridgehead atoms. The quantitative estimate of drug-likeness (QED) is 0.895. The minimum Gasteiger partial charge on any atom is -0.488 e. The summed E-state index contributed by atoms with van der Waals surface area (Å²) in [6.07, 6.45) is 2.44. The van der Waals surface area contributed by atoms with Crippen molar-refractivity contribution in [1.82, 2.24) is 0 Å². The van der Waals surface area contributed by atoms with E-state index < -0.39 is 32.3 Å². The molecule has 0 radical (unpaired) electrons. The lowest BCUT2D eigenvalue weighted by molar-refractivity contribution is 0.0890. The first-order valence-corrected chi connectivity index (χ1v) is 7.69. The molecule has 5 nitrogen and oxygen atoms in total. The maximum absolute atomic E-state index is 13.6. The smallest absolute Gasteiger partial charge is 0.238 e. The van der Waals surface area contributed by atoms with Crippen LogP contribution in [0.15, 0.2) is 17.0 Å². The summed E-state index contributed by atoms with van der Waals surface area (Å²) in [4.78, 5) is -0.626. The molecule has 2 N–H and O–H groups in total. The molecule has 1 aliphatic heterocycles. The Morgan fingerprint density at radius 2 is 2.00 bits per heavy atom. The van der Waals surface area contributed by atoms with Crippen LogP contribution in [0.5, 0.6) is 5.75 Å². The van der Waals surface area contributed by atoms with E-state index in [1.807, 2.05) is 0 Å². The molecule has 1 aromatic rings. The summed E-state index contributed by atoms with van der Waals surface area (Å²) in [6, 6.07) is 1.28. The zero-order chi connectivity index (χ0) is 14.8. The molecule has 1 aromatic carbocycles. The highest BCUT2D eigenvalue weighted by atomic mass is 32.2. The number of hydrogen-bond donors (Lipinski definition) is 1. The van der Waals surface area contributed by atoms with Gasteiger partial charge in [0, 0.05) is 13.0 Å². The lowest BCUT2D eigenvalue weighted by Crippen LogP contribution is -2.14. The highest BCUT2D eigenvalue weighted by molar-refractivity contribution is 7.89. The van der Waals surface area contributed by atoms with Crippen LogP contribution >= 0.6 is 0 Å². The molecule has 1 fully saturated rings. The molecular formula is C12H15F2NO4S. The SMILES string of the molecule is NS(=O)(=O)c1cc(F)c(OCCC2CCCO2)c(F)c1. The van der Waals surface area contributed by atoms with Gasteiger partial charge >= 0.3 is 0 Å². The van der Waals surface area contributed by atoms with Crippen molar-refractivity contribution in [3.63, 3.8) is 0 Å². The second-order valence-corrected chi connectivity index (χ2v) is 6.09. The molecule has 20 heavy (non-hydrogen) atoms. The van der Waals surface area contributed by atoms with Gasteiger partial charge in [0.15, 0.2) is 17.4 Å². The number of nitrogens with two attached hydrogens (primary N) is 1. The lowest BCUT2D eigenvalue weighted by Gasteiger charge is -2.12. The molecule has 0 spiro atoms. The predicted molar refractivity (Wildman–Crippen MR) is 66.8 cm³/mol. The third-order valence-corrected chi connectivity index (χ3v) is 3.90. The fourth-order valence-corrected chi connectivity index (χ4v) is 2.54. The summed E-state index contributed by atoms with van der Waals surface area (Å²) in [7, 11) is -4.15. The number of primary sulfonamides is 1. The van der Waals surface area contributed by atoms with Crippen molar-refractivity contribution in [3.05, 3.63) is 23.8 Å². The monoisotopic (exact) mass is 307 g/mol. The van der Waals surface area contributed by atoms with Gasteiger partial charge in [-0.15, -0.1) is 0 Å². The Morgan fingerprint density at radius 3 is 2.50 bits per heavy atom. The third kappa shape index (κ3) is 3.65. The van der Waals surface area contributed by atoms with Gasteiger partial charge in [0.1, 0.15) is 0 Å². The number of rotatable bonds is 5. The van der Waals surface area contributed by atoms with Crippen LogP contribution < -0.4 is 9.88 Å². The Bertz CT molecular complexity index is 562. The molecular weight excluding hydrogens is 292 g/mol. The van der Waals surface area contributed by atoms with Gasteiger partial charge < -0.3 is 9.47 Å². The van der Waals surface area contributed by atoms with Crippen LogP contribution in [-0.2, 0) is 14.8 Å². The normalized spacial score (nSPS) is 19.2. The summed E-state index contributed by atoms with van der Waals surface area (Å²) in [6.45, 7) is 0.781. The topological polar surface area (TPSA) is 78.6 Å². The number of sulfonamides is 1. The van der Waals surface area contributed by atoms with Crippen molar-refractivity contribution in [2.75, 3.05) is 13.2 Å². The molecule has 1 aliphatic rings. The van der Waals surface area contributed by atoms with Crippen molar-refractivity contribution in [3.8, 4) is 5.75 Å². The number of ether oxygens (including phenoxy) is 2. The van der Waals surface area contributed by atoms with E-state index in [0.29, 0.717) is 25.2 Å². The fraction of sp³-hybridized carbons (Fsp3) is 0.500. The van der Waals surface area contributed by atoms with Gasteiger partial charge in [0.05, 0.1) is 17.6 Å². The van der Waals surface area contributed by atoms with E-state index in [2.05, 4.69) is 0 Å². The zero-order valence-corrected chi connectivity index (χ0v) is 11.5. The molecule has 1 unspecified atom stereocenters. The molecule has 0 aromatic heterocycles. The predicted octanol–water partition coefficient (Wildman–Crippen LogP) is 1.56. The van der Waals surface area contributed by atoms with Crippen LogP contribution in [0.25, 0.3) is 0 Å². The van der Waals surface area contributed by atoms with E-state index in [9.17, 15) is 17.2 Å². The number of halogens is 2. The highest BCUT2D eigenvalue weighted by Crippen LogP contribution is 2.25. The van der Waals surface area contributed by atoms with Crippen LogP contribution in [0, 0.1) is 11.6 Å². The van der Waals surface area contributed by atoms with Crippen LogP contribution in [0.1, 0.15) is 19.3 Å². The summed E-state index contributed by atoms with van der Waals surface area (Å²) in [5.41, 5.74) is 0. The Labute approximate surface area is 115 Å². The highest BCUT2D eigenvalue weighted by Gasteiger charge is 2.19. The molecule has 0 saturated carbocycles. The fourth-order valence-electron chi connectivity index (χ4n) is 2.00. The van der Waals surface area contributed by atoms with Crippen LogP contribution in [0.4, 0.5) is 8.78 Å². The molecule has 0 aliphatic carbocycles. The standard InChI is InChI=1S/C12H15F2NO4S/c13-10-6-9(20(15,16)17)7-11(14)12(10)19-5-3-8-2-1-4-18-8/h6-8H,1-5H2,(H2,15,16,17). The maximum Gasteiger partial charge on any atom is 0.238 e. The Balaban J connectivity index is 2.04. The number of benzene rings is 1. The van der Waals surface area contributed by atoms with Crippen LogP contribution in [0.2, 0.25) is 0 Å². The second kappa shape index (κ2) is 6.02. The van der Waals surface area contributed by atoms with Crippen molar-refractivity contribution in [2.45, 2.75) is 30.3 Å². The Kier molecular flexibility index (Phi) is 4.56. The van der Waals surface area contributed by atoms with E-state index in [-0.39, 0.29) is 12.7 Å².